The summed E-state index contributed by atoms with van der Waals surface area (Å²) >= 11 is 0. The molecule has 0 bridgehead atoms. The molecule has 0 unspecified atom stereocenters. The predicted molar refractivity (Wildman–Crippen MR) is 174 cm³/mol. The van der Waals surface area contributed by atoms with Crippen LogP contribution in [0.15, 0.2) is 95.6 Å². The number of aromatic hydroxyl groups is 1. The molecule has 3 N–H and O–H groups in total. The van der Waals surface area contributed by atoms with Gasteiger partial charge in [-0.1, -0.05) is 60.9 Å². The summed E-state index contributed by atoms with van der Waals surface area (Å²) < 4.78 is 6.13. The smallest absolute Gasteiger partial charge is 0.455 e. The van der Waals surface area contributed by atoms with E-state index in [2.05, 4.69) is 25.2 Å². The summed E-state index contributed by atoms with van der Waals surface area (Å²) in [5.74, 6) is -1.30. The SMILES string of the molecule is CCC/C(=C\c1ccc(O)cc1)CC[C@H]1OB(O)C[C@H]2C1=C(C)C[C@H]1C(=O)N(c3ccc(Nc4ccccc4)cc3)C(=O)[C@H]12. The third kappa shape index (κ3) is 6.10. The minimum Gasteiger partial charge on any atom is -0.508 e. The number of amides is 2. The van der Waals surface area contributed by atoms with Crippen molar-refractivity contribution >= 4 is 42.1 Å². The molecule has 226 valence electrons. The van der Waals surface area contributed by atoms with Gasteiger partial charge >= 0.3 is 7.12 Å². The fraction of sp³-hybridized carbons (Fsp3) is 0.333. The van der Waals surface area contributed by atoms with Crippen molar-refractivity contribution in [2.24, 2.45) is 17.8 Å². The van der Waals surface area contributed by atoms with Crippen LogP contribution in [0.25, 0.3) is 6.08 Å². The van der Waals surface area contributed by atoms with Crippen LogP contribution in [0.5, 0.6) is 5.75 Å². The molecule has 44 heavy (non-hydrogen) atoms. The van der Waals surface area contributed by atoms with Gasteiger partial charge in [0.15, 0.2) is 0 Å². The van der Waals surface area contributed by atoms with Gasteiger partial charge in [-0.2, -0.15) is 0 Å². The molecule has 8 heteroatoms. The van der Waals surface area contributed by atoms with Crippen molar-refractivity contribution in [3.8, 4) is 5.75 Å². The Morgan fingerprint density at radius 3 is 2.36 bits per heavy atom. The third-order valence-corrected chi connectivity index (χ3v) is 9.20. The number of imide groups is 1. The fourth-order valence-electron chi connectivity index (χ4n) is 7.27. The Bertz CT molecular complexity index is 1570. The number of fused-ring (bicyclic) bond motifs is 3. The van der Waals surface area contributed by atoms with Crippen LogP contribution < -0.4 is 10.2 Å². The summed E-state index contributed by atoms with van der Waals surface area (Å²) in [6.45, 7) is 4.20. The van der Waals surface area contributed by atoms with Crippen molar-refractivity contribution in [1.82, 2.24) is 0 Å². The van der Waals surface area contributed by atoms with Crippen molar-refractivity contribution in [2.75, 3.05) is 10.2 Å². The monoisotopic (exact) mass is 590 g/mol. The van der Waals surface area contributed by atoms with Gasteiger partial charge in [-0.05, 0) is 105 Å². The van der Waals surface area contributed by atoms with E-state index in [1.807, 2.05) is 66.7 Å². The average molecular weight is 591 g/mol. The molecule has 4 atom stereocenters. The van der Waals surface area contributed by atoms with Gasteiger partial charge in [-0.25, -0.2) is 0 Å². The molecule has 0 radical (unpaired) electrons. The molecule has 0 spiro atoms. The van der Waals surface area contributed by atoms with Gasteiger partial charge in [0, 0.05) is 11.4 Å². The fourth-order valence-corrected chi connectivity index (χ4v) is 7.27. The maximum absolute atomic E-state index is 14.0. The highest BCUT2D eigenvalue weighted by Gasteiger charge is 2.57. The number of hydrogen-bond donors (Lipinski definition) is 3. The van der Waals surface area contributed by atoms with Crippen molar-refractivity contribution in [3.63, 3.8) is 0 Å². The number of carbonyl (C=O) groups excluding carboxylic acids is 2. The zero-order valence-corrected chi connectivity index (χ0v) is 25.3. The standard InChI is InChI=1S/C36H39BN2O5/c1-3-7-24(21-25-10-17-29(40)18-11-25)12-19-32-33-23(2)20-30-34(31(33)22-37(43)44-32)36(42)39(35(30)41)28-15-13-27(14-16-28)38-26-8-5-4-6-9-26/h4-6,8-11,13-18,21,30-32,34,38,40,43H,3,7,12,19-20,22H2,1-2H3/b24-21+/t30-,31+,32-,34-/m1/s1. The topological polar surface area (TPSA) is 99.1 Å². The van der Waals surface area contributed by atoms with Crippen LogP contribution in [0, 0.1) is 17.8 Å². The van der Waals surface area contributed by atoms with E-state index in [-0.39, 0.29) is 29.6 Å². The molecule has 2 amide bonds. The quantitative estimate of drug-likeness (QED) is 0.139. The van der Waals surface area contributed by atoms with Crippen LogP contribution in [0.2, 0.25) is 6.32 Å². The molecular weight excluding hydrogens is 551 g/mol. The lowest BCUT2D eigenvalue weighted by atomic mass is 9.58. The van der Waals surface area contributed by atoms with E-state index in [0.717, 1.165) is 47.3 Å². The minimum absolute atomic E-state index is 0.165. The van der Waals surface area contributed by atoms with Crippen LogP contribution in [-0.2, 0) is 14.2 Å². The molecular formula is C36H39BN2O5. The summed E-state index contributed by atoms with van der Waals surface area (Å²) in [5, 5.41) is 23.8. The van der Waals surface area contributed by atoms with Crippen molar-refractivity contribution in [2.45, 2.75) is 58.4 Å². The van der Waals surface area contributed by atoms with Gasteiger partial charge < -0.3 is 20.1 Å². The van der Waals surface area contributed by atoms with E-state index < -0.39 is 19.0 Å². The maximum Gasteiger partial charge on any atom is 0.455 e. The molecule has 2 saturated heterocycles. The Hall–Kier alpha value is -4.14. The number of hydrogen-bond acceptors (Lipinski definition) is 6. The highest BCUT2D eigenvalue weighted by atomic mass is 16.5. The Kier molecular flexibility index (Phi) is 8.73. The van der Waals surface area contributed by atoms with Gasteiger partial charge in [0.25, 0.3) is 0 Å². The third-order valence-electron chi connectivity index (χ3n) is 9.20. The van der Waals surface area contributed by atoms with Gasteiger partial charge in [0.1, 0.15) is 5.75 Å². The lowest BCUT2D eigenvalue weighted by molar-refractivity contribution is -0.122. The van der Waals surface area contributed by atoms with Gasteiger partial charge in [-0.3, -0.25) is 14.5 Å². The molecule has 0 saturated carbocycles. The number of nitrogens with one attached hydrogen (secondary N) is 1. The Morgan fingerprint density at radius 1 is 0.955 bits per heavy atom. The molecule has 0 aromatic heterocycles. The number of benzene rings is 3. The number of phenols is 1. The Balaban J connectivity index is 1.20. The van der Waals surface area contributed by atoms with E-state index in [9.17, 15) is 19.7 Å². The lowest BCUT2D eigenvalue weighted by Crippen LogP contribution is -2.46. The molecule has 2 fully saturated rings. The zero-order chi connectivity index (χ0) is 30.8. The average Bonchev–Trinajstić information content (AvgIpc) is 3.26. The molecule has 3 aliphatic rings. The first-order valence-corrected chi connectivity index (χ1v) is 15.6. The molecule has 1 aliphatic carbocycles. The van der Waals surface area contributed by atoms with Crippen LogP contribution in [0.4, 0.5) is 17.1 Å². The largest absolute Gasteiger partial charge is 0.508 e. The minimum atomic E-state index is -0.990. The summed E-state index contributed by atoms with van der Waals surface area (Å²) in [4.78, 5) is 29.1. The molecule has 3 aromatic carbocycles. The van der Waals surface area contributed by atoms with E-state index in [1.54, 1.807) is 12.1 Å². The summed E-state index contributed by atoms with van der Waals surface area (Å²) in [5.41, 5.74) is 6.88. The highest BCUT2D eigenvalue weighted by Crippen LogP contribution is 2.51. The van der Waals surface area contributed by atoms with E-state index in [0.29, 0.717) is 24.8 Å². The van der Waals surface area contributed by atoms with E-state index in [1.165, 1.54) is 10.5 Å². The number of rotatable bonds is 9. The second-order valence-electron chi connectivity index (χ2n) is 12.2. The first-order chi connectivity index (χ1) is 21.3. The second kappa shape index (κ2) is 12.8. The molecule has 3 aromatic rings. The number of para-hydroxylation sites is 1. The van der Waals surface area contributed by atoms with Crippen LogP contribution in [0.1, 0.15) is 51.5 Å². The number of nitrogens with zero attached hydrogens (tertiary/aromatic N) is 1. The van der Waals surface area contributed by atoms with E-state index >= 15 is 0 Å². The zero-order valence-electron chi connectivity index (χ0n) is 25.3. The predicted octanol–water partition coefficient (Wildman–Crippen LogP) is 7.12. The first kappa shape index (κ1) is 29.9. The Labute approximate surface area is 259 Å². The maximum atomic E-state index is 14.0. The number of anilines is 3. The van der Waals surface area contributed by atoms with Crippen LogP contribution in [0.3, 0.4) is 0 Å². The molecule has 2 heterocycles. The molecule has 7 nitrogen and oxygen atoms in total. The Morgan fingerprint density at radius 2 is 1.66 bits per heavy atom. The van der Waals surface area contributed by atoms with E-state index in [4.69, 9.17) is 4.65 Å². The van der Waals surface area contributed by atoms with Gasteiger partial charge in [0.05, 0.1) is 23.6 Å². The van der Waals surface area contributed by atoms with Crippen molar-refractivity contribution in [1.29, 1.82) is 0 Å². The highest BCUT2D eigenvalue weighted by molar-refractivity contribution is 6.43. The normalized spacial score (nSPS) is 23.6. The summed E-state index contributed by atoms with van der Waals surface area (Å²) in [6, 6.07) is 24.4. The van der Waals surface area contributed by atoms with Crippen molar-refractivity contribution in [3.05, 3.63) is 101 Å². The first-order valence-electron chi connectivity index (χ1n) is 15.6. The summed E-state index contributed by atoms with van der Waals surface area (Å²) in [6.07, 6.45) is 6.08. The number of phenolic OH excluding ortho intramolecular Hbond substituents is 1. The number of carbonyl (C=O) groups is 2. The summed E-state index contributed by atoms with van der Waals surface area (Å²) in [7, 11) is -0.990. The van der Waals surface area contributed by atoms with Crippen molar-refractivity contribution < 1.29 is 24.4 Å². The lowest BCUT2D eigenvalue weighted by Gasteiger charge is -2.42. The second-order valence-corrected chi connectivity index (χ2v) is 12.2. The molecule has 6 rings (SSSR count). The van der Waals surface area contributed by atoms with Gasteiger partial charge in [0.2, 0.25) is 11.8 Å². The molecule has 2 aliphatic heterocycles. The number of allylic oxidation sites excluding steroid dienone is 2. The van der Waals surface area contributed by atoms with Crippen LogP contribution in [-0.4, -0.2) is 35.2 Å². The van der Waals surface area contributed by atoms with Gasteiger partial charge in [-0.15, -0.1) is 0 Å². The van der Waals surface area contributed by atoms with Crippen LogP contribution >= 0.6 is 0 Å².